The van der Waals surface area contributed by atoms with Gasteiger partial charge in [0.2, 0.25) is 0 Å². The van der Waals surface area contributed by atoms with Gasteiger partial charge in [0.05, 0.1) is 23.1 Å². The van der Waals surface area contributed by atoms with Crippen LogP contribution in [-0.2, 0) is 6.42 Å². The lowest BCUT2D eigenvalue weighted by molar-refractivity contribution is 0.0665. The fraction of sp³-hybridized carbons (Fsp3) is 0.200. The molecule has 2 aromatic carbocycles. The van der Waals surface area contributed by atoms with E-state index in [0.29, 0.717) is 24.0 Å². The van der Waals surface area contributed by atoms with Crippen molar-refractivity contribution >= 4 is 11.8 Å². The van der Waals surface area contributed by atoms with Gasteiger partial charge in [-0.3, -0.25) is 14.5 Å². The number of fused-ring (bicyclic) bond motifs is 1. The molecule has 0 spiro atoms. The predicted octanol–water partition coefficient (Wildman–Crippen LogP) is 3.26. The quantitative estimate of drug-likeness (QED) is 0.768. The van der Waals surface area contributed by atoms with Gasteiger partial charge in [0.25, 0.3) is 11.8 Å². The summed E-state index contributed by atoms with van der Waals surface area (Å²) in [5.74, 6) is -0.686. The molecule has 0 fully saturated rings. The molecule has 2 aromatic rings. The summed E-state index contributed by atoms with van der Waals surface area (Å²) in [5.41, 5.74) is 2.02. The Balaban J connectivity index is 1.56. The van der Waals surface area contributed by atoms with E-state index in [0.717, 1.165) is 5.56 Å². The Morgan fingerprint density at radius 1 is 0.958 bits per heavy atom. The van der Waals surface area contributed by atoms with Crippen molar-refractivity contribution in [3.63, 3.8) is 0 Å². The minimum atomic E-state index is -0.261. The molecule has 1 aliphatic rings. The van der Waals surface area contributed by atoms with Crippen LogP contribution in [0.25, 0.3) is 0 Å². The van der Waals surface area contributed by atoms with Gasteiger partial charge in [0.1, 0.15) is 0 Å². The highest BCUT2D eigenvalue weighted by Crippen LogP contribution is 2.23. The van der Waals surface area contributed by atoms with Crippen LogP contribution in [0.15, 0.2) is 54.6 Å². The van der Waals surface area contributed by atoms with Crippen LogP contribution >= 0.6 is 0 Å². The third-order valence-corrected chi connectivity index (χ3v) is 4.15. The molecule has 0 saturated heterocycles. The van der Waals surface area contributed by atoms with E-state index < -0.39 is 0 Å². The fourth-order valence-electron chi connectivity index (χ4n) is 2.89. The Bertz CT molecular complexity index is 758. The topological polar surface area (TPSA) is 61.2 Å². The second-order valence-electron chi connectivity index (χ2n) is 5.81. The highest BCUT2D eigenvalue weighted by atomic mass is 16.2. The highest BCUT2D eigenvalue weighted by molar-refractivity contribution is 6.21. The largest absolute Gasteiger partial charge is 0.274 e. The summed E-state index contributed by atoms with van der Waals surface area (Å²) in [6.45, 7) is 0.235. The van der Waals surface area contributed by atoms with Gasteiger partial charge >= 0.3 is 0 Å². The molecule has 0 aromatic heterocycles. The van der Waals surface area contributed by atoms with Crippen molar-refractivity contribution in [2.75, 3.05) is 6.54 Å². The van der Waals surface area contributed by atoms with Gasteiger partial charge in [0.15, 0.2) is 0 Å². The van der Waals surface area contributed by atoms with Gasteiger partial charge < -0.3 is 0 Å². The first kappa shape index (κ1) is 15.9. The molecular formula is C20H17N2O2. The minimum absolute atomic E-state index is 0.164. The first-order valence-electron chi connectivity index (χ1n) is 7.91. The number of carbonyl (C=O) groups is 2. The number of nitrogens with zero attached hydrogens (tertiary/aromatic N) is 2. The van der Waals surface area contributed by atoms with Crippen LogP contribution < -0.4 is 0 Å². The molecule has 2 amide bonds. The van der Waals surface area contributed by atoms with E-state index in [4.69, 9.17) is 0 Å². The molecule has 4 nitrogen and oxygen atoms in total. The molecule has 1 heterocycles. The number of rotatable bonds is 6. The van der Waals surface area contributed by atoms with Gasteiger partial charge in [0, 0.05) is 6.54 Å². The zero-order valence-electron chi connectivity index (χ0n) is 13.2. The number of nitriles is 1. The lowest BCUT2D eigenvalue weighted by Crippen LogP contribution is -2.31. The Kier molecular flexibility index (Phi) is 4.72. The summed E-state index contributed by atoms with van der Waals surface area (Å²) in [5, 5.41) is 9.31. The monoisotopic (exact) mass is 317 g/mol. The summed E-state index contributed by atoms with van der Waals surface area (Å²) >= 11 is 0. The Labute approximate surface area is 141 Å². The van der Waals surface area contributed by atoms with E-state index >= 15 is 0 Å². The van der Waals surface area contributed by atoms with Gasteiger partial charge in [-0.05, 0) is 37.0 Å². The average molecular weight is 317 g/mol. The van der Waals surface area contributed by atoms with E-state index in [1.165, 1.54) is 4.90 Å². The fourth-order valence-corrected chi connectivity index (χ4v) is 2.89. The molecule has 119 valence electrons. The second-order valence-corrected chi connectivity index (χ2v) is 5.81. The predicted molar refractivity (Wildman–Crippen MR) is 90.0 cm³/mol. The SMILES string of the molecule is N#CC(C[CH]CN1C(=O)c2ccccc2C1=O)Cc1ccccc1. The highest BCUT2D eigenvalue weighted by Gasteiger charge is 2.34. The van der Waals surface area contributed by atoms with Crippen LogP contribution in [0.1, 0.15) is 32.7 Å². The molecule has 0 aliphatic carbocycles. The first-order chi connectivity index (χ1) is 11.7. The molecule has 4 heteroatoms. The molecule has 0 saturated carbocycles. The average Bonchev–Trinajstić information content (AvgIpc) is 2.87. The van der Waals surface area contributed by atoms with Crippen molar-refractivity contribution in [1.82, 2.24) is 4.90 Å². The van der Waals surface area contributed by atoms with Crippen molar-refractivity contribution < 1.29 is 9.59 Å². The molecule has 1 radical (unpaired) electrons. The summed E-state index contributed by atoms with van der Waals surface area (Å²) in [4.78, 5) is 25.8. The number of amides is 2. The molecule has 24 heavy (non-hydrogen) atoms. The zero-order valence-corrected chi connectivity index (χ0v) is 13.2. The smallest absolute Gasteiger partial charge is 0.261 e. The van der Waals surface area contributed by atoms with Crippen molar-refractivity contribution in [1.29, 1.82) is 5.26 Å². The van der Waals surface area contributed by atoms with E-state index in [1.54, 1.807) is 24.3 Å². The maximum absolute atomic E-state index is 12.3. The summed E-state index contributed by atoms with van der Waals surface area (Å²) in [6, 6.07) is 19.0. The Hall–Kier alpha value is -2.93. The maximum Gasteiger partial charge on any atom is 0.261 e. The van der Waals surface area contributed by atoms with E-state index in [9.17, 15) is 14.9 Å². The van der Waals surface area contributed by atoms with Crippen LogP contribution in [0.2, 0.25) is 0 Å². The number of imide groups is 1. The van der Waals surface area contributed by atoms with Crippen LogP contribution in [0.4, 0.5) is 0 Å². The maximum atomic E-state index is 12.3. The Morgan fingerprint density at radius 2 is 1.54 bits per heavy atom. The zero-order chi connectivity index (χ0) is 16.9. The van der Waals surface area contributed by atoms with Gasteiger partial charge in [-0.1, -0.05) is 42.5 Å². The molecule has 3 rings (SSSR count). The standard InChI is InChI=1S/C20H17N2O2/c21-14-16(13-15-7-2-1-3-8-15)9-6-12-22-19(23)17-10-4-5-11-18(17)20(22)24/h1-8,10-11,16H,9,12-13H2. The number of carbonyl (C=O) groups excluding carboxylic acids is 2. The lowest BCUT2D eigenvalue weighted by Gasteiger charge is -2.15. The first-order valence-corrected chi connectivity index (χ1v) is 7.91. The van der Waals surface area contributed by atoms with E-state index in [-0.39, 0.29) is 24.3 Å². The molecule has 0 bridgehead atoms. The second kappa shape index (κ2) is 7.10. The van der Waals surface area contributed by atoms with Gasteiger partial charge in [-0.15, -0.1) is 0 Å². The normalized spacial score (nSPS) is 14.4. The minimum Gasteiger partial charge on any atom is -0.274 e. The van der Waals surface area contributed by atoms with Crippen molar-refractivity contribution in [3.05, 3.63) is 77.7 Å². The van der Waals surface area contributed by atoms with Gasteiger partial charge in [-0.25, -0.2) is 0 Å². The van der Waals surface area contributed by atoms with Gasteiger partial charge in [-0.2, -0.15) is 5.26 Å². The summed E-state index contributed by atoms with van der Waals surface area (Å²) in [7, 11) is 0. The molecule has 1 aliphatic heterocycles. The third kappa shape index (κ3) is 3.21. The molecule has 0 N–H and O–H groups in total. The van der Waals surface area contributed by atoms with Crippen LogP contribution in [0.3, 0.4) is 0 Å². The lowest BCUT2D eigenvalue weighted by atomic mass is 9.96. The number of hydrogen-bond donors (Lipinski definition) is 0. The Morgan fingerprint density at radius 3 is 2.12 bits per heavy atom. The van der Waals surface area contributed by atoms with Crippen molar-refractivity contribution in [2.45, 2.75) is 12.8 Å². The van der Waals surface area contributed by atoms with Crippen molar-refractivity contribution in [2.24, 2.45) is 5.92 Å². The van der Waals surface area contributed by atoms with Crippen LogP contribution in [0, 0.1) is 23.7 Å². The van der Waals surface area contributed by atoms with Crippen molar-refractivity contribution in [3.8, 4) is 6.07 Å². The number of hydrogen-bond acceptors (Lipinski definition) is 3. The molecule has 1 unspecified atom stereocenters. The summed E-state index contributed by atoms with van der Waals surface area (Å²) in [6.07, 6.45) is 3.05. The van der Waals surface area contributed by atoms with E-state index in [2.05, 4.69) is 6.07 Å². The van der Waals surface area contributed by atoms with E-state index in [1.807, 2.05) is 36.8 Å². The molecule has 1 atom stereocenters. The number of benzene rings is 2. The summed E-state index contributed by atoms with van der Waals surface area (Å²) < 4.78 is 0. The van der Waals surface area contributed by atoms with Crippen LogP contribution in [-0.4, -0.2) is 23.3 Å². The third-order valence-electron chi connectivity index (χ3n) is 4.15. The molecular weight excluding hydrogens is 300 g/mol. The van der Waals surface area contributed by atoms with Crippen LogP contribution in [0.5, 0.6) is 0 Å².